The van der Waals surface area contributed by atoms with Crippen LogP contribution in [0.25, 0.3) is 5.70 Å². The molecule has 0 spiro atoms. The Hall–Kier alpha value is -4.06. The van der Waals surface area contributed by atoms with Gasteiger partial charge < -0.3 is 20.1 Å². The quantitative estimate of drug-likeness (QED) is 0.593. The van der Waals surface area contributed by atoms with Crippen LogP contribution in [0.3, 0.4) is 0 Å². The maximum atomic E-state index is 13.3. The van der Waals surface area contributed by atoms with Crippen molar-refractivity contribution in [1.29, 1.82) is 0 Å². The number of methoxy groups -OCH3 is 1. The number of rotatable bonds is 6. The number of hydrogen-bond donors (Lipinski definition) is 2. The lowest BCUT2D eigenvalue weighted by molar-refractivity contribution is -0.140. The minimum absolute atomic E-state index is 0.101. The smallest absolute Gasteiger partial charge is 0.338 e. The lowest BCUT2D eigenvalue weighted by Gasteiger charge is -2.29. The third kappa shape index (κ3) is 4.59. The van der Waals surface area contributed by atoms with E-state index in [9.17, 15) is 9.59 Å². The zero-order chi connectivity index (χ0) is 21.6. The van der Waals surface area contributed by atoms with Crippen LogP contribution in [0.2, 0.25) is 0 Å². The molecule has 31 heavy (non-hydrogen) atoms. The van der Waals surface area contributed by atoms with Crippen LogP contribution < -0.4 is 15.4 Å². The number of urea groups is 1. The number of carbonyl (C=O) groups excluding carboxylic acids is 2. The van der Waals surface area contributed by atoms with Crippen LogP contribution in [0.4, 0.5) is 4.79 Å². The normalized spacial score (nSPS) is 15.6. The second-order valence-electron chi connectivity index (χ2n) is 7.02. The van der Waals surface area contributed by atoms with E-state index < -0.39 is 12.0 Å². The highest BCUT2D eigenvalue weighted by Gasteiger charge is 2.34. The number of ether oxygens (including phenoxy) is 2. The Morgan fingerprint density at radius 3 is 2.19 bits per heavy atom. The molecule has 0 radical (unpaired) electrons. The predicted molar refractivity (Wildman–Crippen MR) is 117 cm³/mol. The fraction of sp³-hybridized carbons (Fsp3) is 0.120. The van der Waals surface area contributed by atoms with E-state index in [2.05, 4.69) is 10.6 Å². The summed E-state index contributed by atoms with van der Waals surface area (Å²) in [5, 5.41) is 5.64. The van der Waals surface area contributed by atoms with Gasteiger partial charge in [-0.2, -0.15) is 0 Å². The minimum Gasteiger partial charge on any atom is -0.497 e. The van der Waals surface area contributed by atoms with Gasteiger partial charge in [0.25, 0.3) is 0 Å². The summed E-state index contributed by atoms with van der Waals surface area (Å²) < 4.78 is 10.8. The van der Waals surface area contributed by atoms with Crippen LogP contribution in [0.15, 0.2) is 90.5 Å². The van der Waals surface area contributed by atoms with Crippen LogP contribution in [0, 0.1) is 0 Å². The molecular weight excluding hydrogens is 392 g/mol. The summed E-state index contributed by atoms with van der Waals surface area (Å²) in [6, 6.07) is 24.9. The molecule has 0 fully saturated rings. The Balaban J connectivity index is 1.69. The van der Waals surface area contributed by atoms with Gasteiger partial charge in [0.2, 0.25) is 0 Å². The fourth-order valence-corrected chi connectivity index (χ4v) is 3.46. The molecule has 0 bridgehead atoms. The topological polar surface area (TPSA) is 76.7 Å². The van der Waals surface area contributed by atoms with E-state index in [1.165, 1.54) is 0 Å². The Morgan fingerprint density at radius 1 is 0.903 bits per heavy atom. The van der Waals surface area contributed by atoms with Gasteiger partial charge in [-0.25, -0.2) is 9.59 Å². The third-order valence-electron chi connectivity index (χ3n) is 5.02. The van der Waals surface area contributed by atoms with Crippen molar-refractivity contribution in [2.75, 3.05) is 7.11 Å². The van der Waals surface area contributed by atoms with Gasteiger partial charge in [-0.15, -0.1) is 0 Å². The predicted octanol–water partition coefficient (Wildman–Crippen LogP) is 4.20. The first-order chi connectivity index (χ1) is 15.2. The van der Waals surface area contributed by atoms with Crippen molar-refractivity contribution in [2.24, 2.45) is 0 Å². The molecule has 3 aromatic carbocycles. The van der Waals surface area contributed by atoms with Crippen molar-refractivity contribution in [2.45, 2.75) is 12.6 Å². The van der Waals surface area contributed by atoms with E-state index in [1.807, 2.05) is 84.9 Å². The zero-order valence-electron chi connectivity index (χ0n) is 17.0. The average Bonchev–Trinajstić information content (AvgIpc) is 2.83. The standard InChI is InChI=1S/C25H22N2O4/c1-30-20-14-12-17(13-15-20)16-31-24(28)21-22(18-8-4-2-5-9-18)26-25(29)27-23(21)19-10-6-3-7-11-19/h2-15,22H,16H2,1H3,(H2,26,27,29). The van der Waals surface area contributed by atoms with Crippen molar-refractivity contribution < 1.29 is 19.1 Å². The van der Waals surface area contributed by atoms with Gasteiger partial charge in [0.15, 0.2) is 0 Å². The first kappa shape index (κ1) is 20.2. The molecule has 1 aliphatic rings. The van der Waals surface area contributed by atoms with Crippen LogP contribution >= 0.6 is 0 Å². The number of benzene rings is 3. The van der Waals surface area contributed by atoms with E-state index >= 15 is 0 Å². The maximum absolute atomic E-state index is 13.3. The van der Waals surface area contributed by atoms with Crippen LogP contribution in [0.5, 0.6) is 5.75 Å². The number of esters is 1. The largest absolute Gasteiger partial charge is 0.497 e. The number of carbonyl (C=O) groups is 2. The minimum atomic E-state index is -0.631. The molecule has 1 atom stereocenters. The molecule has 0 saturated carbocycles. The maximum Gasteiger partial charge on any atom is 0.338 e. The summed E-state index contributed by atoms with van der Waals surface area (Å²) in [5.74, 6) is 0.225. The second-order valence-corrected chi connectivity index (χ2v) is 7.02. The molecule has 156 valence electrons. The number of amides is 2. The molecule has 0 aromatic heterocycles. The molecule has 1 heterocycles. The molecule has 2 N–H and O–H groups in total. The van der Waals surface area contributed by atoms with Gasteiger partial charge in [-0.3, -0.25) is 0 Å². The van der Waals surface area contributed by atoms with Crippen molar-refractivity contribution in [3.05, 3.63) is 107 Å². The van der Waals surface area contributed by atoms with Gasteiger partial charge in [0.1, 0.15) is 12.4 Å². The second kappa shape index (κ2) is 9.17. The van der Waals surface area contributed by atoms with E-state index in [4.69, 9.17) is 9.47 Å². The van der Waals surface area contributed by atoms with E-state index in [0.29, 0.717) is 11.3 Å². The summed E-state index contributed by atoms with van der Waals surface area (Å²) in [6.07, 6.45) is 0. The highest BCUT2D eigenvalue weighted by atomic mass is 16.5. The Morgan fingerprint density at radius 2 is 1.55 bits per heavy atom. The Labute approximate surface area is 180 Å². The highest BCUT2D eigenvalue weighted by Crippen LogP contribution is 2.32. The van der Waals surface area contributed by atoms with E-state index in [0.717, 1.165) is 22.4 Å². The summed E-state index contributed by atoms with van der Waals surface area (Å²) >= 11 is 0. The molecule has 1 unspecified atom stereocenters. The van der Waals surface area contributed by atoms with Gasteiger partial charge in [-0.1, -0.05) is 72.8 Å². The fourth-order valence-electron chi connectivity index (χ4n) is 3.46. The van der Waals surface area contributed by atoms with Crippen molar-refractivity contribution in [3.63, 3.8) is 0 Å². The summed E-state index contributed by atoms with van der Waals surface area (Å²) in [4.78, 5) is 25.7. The van der Waals surface area contributed by atoms with Gasteiger partial charge in [0, 0.05) is 0 Å². The van der Waals surface area contributed by atoms with Crippen LogP contribution in [-0.2, 0) is 16.1 Å². The van der Waals surface area contributed by atoms with Crippen LogP contribution in [0.1, 0.15) is 22.7 Å². The lowest BCUT2D eigenvalue weighted by Crippen LogP contribution is -2.45. The van der Waals surface area contributed by atoms with Crippen molar-refractivity contribution in [1.82, 2.24) is 10.6 Å². The van der Waals surface area contributed by atoms with Crippen LogP contribution in [-0.4, -0.2) is 19.1 Å². The highest BCUT2D eigenvalue weighted by molar-refractivity contribution is 6.04. The van der Waals surface area contributed by atoms with Crippen molar-refractivity contribution >= 4 is 17.7 Å². The summed E-state index contributed by atoms with van der Waals surface area (Å²) in [7, 11) is 1.60. The monoisotopic (exact) mass is 414 g/mol. The first-order valence-electron chi connectivity index (χ1n) is 9.88. The number of nitrogens with one attached hydrogen (secondary N) is 2. The van der Waals surface area contributed by atoms with Gasteiger partial charge >= 0.3 is 12.0 Å². The SMILES string of the molecule is COc1ccc(COC(=O)C2=C(c3ccccc3)NC(=O)NC2c2ccccc2)cc1. The average molecular weight is 414 g/mol. The Kier molecular flexibility index (Phi) is 5.98. The van der Waals surface area contributed by atoms with E-state index in [1.54, 1.807) is 7.11 Å². The molecule has 1 aliphatic heterocycles. The van der Waals surface area contributed by atoms with Gasteiger partial charge in [0.05, 0.1) is 24.4 Å². The molecule has 2 amide bonds. The zero-order valence-corrected chi connectivity index (χ0v) is 17.0. The summed E-state index contributed by atoms with van der Waals surface area (Å²) in [6.45, 7) is 0.101. The Bertz CT molecular complexity index is 1090. The number of hydrogen-bond acceptors (Lipinski definition) is 4. The van der Waals surface area contributed by atoms with Crippen molar-refractivity contribution in [3.8, 4) is 5.75 Å². The van der Waals surface area contributed by atoms with E-state index in [-0.39, 0.29) is 12.6 Å². The molecule has 4 rings (SSSR count). The molecular formula is C25H22N2O4. The van der Waals surface area contributed by atoms with Gasteiger partial charge in [-0.05, 0) is 28.8 Å². The first-order valence-corrected chi connectivity index (χ1v) is 9.88. The summed E-state index contributed by atoms with van der Waals surface area (Å²) in [5.41, 5.74) is 3.15. The molecule has 3 aromatic rings. The lowest BCUT2D eigenvalue weighted by atomic mass is 9.93. The molecule has 0 aliphatic carbocycles. The molecule has 6 nitrogen and oxygen atoms in total. The molecule has 6 heteroatoms. The molecule has 0 saturated heterocycles. The third-order valence-corrected chi connectivity index (χ3v) is 5.02.